The Labute approximate surface area is 273 Å². The maximum absolute atomic E-state index is 12.8. The molecule has 0 aliphatic heterocycles. The van der Waals surface area contributed by atoms with Crippen LogP contribution in [-0.2, 0) is 30.4 Å². The Morgan fingerprint density at radius 3 is 1.81 bits per heavy atom. The third kappa shape index (κ3) is 7.97. The molecule has 0 aromatic heterocycles. The summed E-state index contributed by atoms with van der Waals surface area (Å²) in [6, 6.07) is 7.09. The monoisotopic (exact) mass is 585 g/mol. The van der Waals surface area contributed by atoms with Gasteiger partial charge >= 0.3 is 0 Å². The molecule has 0 saturated carbocycles. The van der Waals surface area contributed by atoms with E-state index in [1.54, 1.807) is 13.0 Å². The number of rotatable bonds is 5. The fourth-order valence-electron chi connectivity index (χ4n) is 3.15. The Balaban J connectivity index is 0.00000408. The first-order valence-corrected chi connectivity index (χ1v) is 13.0. The first-order chi connectivity index (χ1) is 15.0. The van der Waals surface area contributed by atoms with Crippen LogP contribution < -0.4 is 11.1 Å². The molecule has 3 rings (SSSR count). The van der Waals surface area contributed by atoms with Gasteiger partial charge < -0.3 is 11.1 Å². The summed E-state index contributed by atoms with van der Waals surface area (Å²) in [5.41, 5.74) is 6.28. The van der Waals surface area contributed by atoms with E-state index in [1.165, 1.54) is 12.1 Å². The fraction of sp³-hybridized carbons (Fsp3) is 0.0556. The number of anilines is 2. The van der Waals surface area contributed by atoms with Gasteiger partial charge in [0.05, 0.1) is 16.1 Å². The number of aryl methyl sites for hydroxylation is 1. The molecule has 1 amide bonds. The van der Waals surface area contributed by atoms with Crippen LogP contribution in [-0.4, -0.2) is 133 Å². The summed E-state index contributed by atoms with van der Waals surface area (Å²) in [5.74, 6) is -0.839. The summed E-state index contributed by atoms with van der Waals surface area (Å²) in [7, 11) is -15.4. The summed E-state index contributed by atoms with van der Waals surface area (Å²) in [5, 5.41) is 0.975. The van der Waals surface area contributed by atoms with E-state index < -0.39 is 61.7 Å². The molecule has 0 atom stereocenters. The smallest absolute Gasteiger partial charge is 0.295 e. The van der Waals surface area contributed by atoms with Crippen molar-refractivity contribution in [3.63, 3.8) is 0 Å². The minimum Gasteiger partial charge on any atom is -0.398 e. The van der Waals surface area contributed by atoms with Crippen LogP contribution in [0.5, 0.6) is 0 Å². The van der Waals surface area contributed by atoms with E-state index in [-0.39, 0.29) is 106 Å². The van der Waals surface area contributed by atoms with Crippen molar-refractivity contribution in [2.45, 2.75) is 21.6 Å². The average molecular weight is 586 g/mol. The van der Waals surface area contributed by atoms with Crippen LogP contribution in [0.25, 0.3) is 10.8 Å². The Morgan fingerprint density at radius 1 is 0.778 bits per heavy atom. The minimum atomic E-state index is -5.24. The van der Waals surface area contributed by atoms with Gasteiger partial charge in [-0.15, -0.1) is 0 Å². The molecule has 3 aromatic rings. The Bertz CT molecular complexity index is 1660. The number of nitrogens with one attached hydrogen (secondary N) is 1. The second-order valence-electron chi connectivity index (χ2n) is 6.93. The van der Waals surface area contributed by atoms with E-state index in [9.17, 15) is 43.7 Å². The van der Waals surface area contributed by atoms with Gasteiger partial charge in [-0.1, -0.05) is 6.07 Å². The SMILES string of the molecule is Cc1ccc(C(=O)Nc2ccc(S(=O)(=O)O)c3cc(S(=O)(=O)O)cc(S(=O)(=O)O)c23)c(N)c1.[Na].[Na].[Na]. The molecular formula is C18H16N2Na3O10S3. The fourth-order valence-corrected chi connectivity index (χ4v) is 5.20. The van der Waals surface area contributed by atoms with E-state index in [4.69, 9.17) is 5.73 Å². The van der Waals surface area contributed by atoms with Gasteiger partial charge in [0.15, 0.2) is 0 Å². The van der Waals surface area contributed by atoms with Gasteiger partial charge in [0.1, 0.15) is 9.79 Å². The van der Waals surface area contributed by atoms with E-state index in [1.807, 2.05) is 0 Å². The van der Waals surface area contributed by atoms with Crippen LogP contribution >= 0.6 is 0 Å². The number of nitrogen functional groups attached to an aromatic ring is 1. The molecule has 0 fully saturated rings. The maximum Gasteiger partial charge on any atom is 0.295 e. The molecule has 0 unspecified atom stereocenters. The normalized spacial score (nSPS) is 11.6. The predicted molar refractivity (Wildman–Crippen MR) is 134 cm³/mol. The molecule has 0 aliphatic rings. The van der Waals surface area contributed by atoms with E-state index in [0.717, 1.165) is 17.7 Å². The van der Waals surface area contributed by atoms with Crippen LogP contribution in [0.4, 0.5) is 11.4 Å². The predicted octanol–water partition coefficient (Wildman–Crippen LogP) is 0.580. The number of carbonyl (C=O) groups is 1. The van der Waals surface area contributed by atoms with Crippen molar-refractivity contribution in [2.75, 3.05) is 11.1 Å². The first kappa shape index (κ1) is 35.9. The first-order valence-electron chi connectivity index (χ1n) is 8.71. The molecule has 179 valence electrons. The van der Waals surface area contributed by atoms with E-state index in [0.29, 0.717) is 12.1 Å². The summed E-state index contributed by atoms with van der Waals surface area (Å²) in [6.45, 7) is 1.73. The quantitative estimate of drug-likeness (QED) is 0.158. The van der Waals surface area contributed by atoms with Gasteiger partial charge in [0, 0.05) is 105 Å². The van der Waals surface area contributed by atoms with E-state index >= 15 is 0 Å². The van der Waals surface area contributed by atoms with Crippen molar-refractivity contribution >= 4 is 147 Å². The van der Waals surface area contributed by atoms with Gasteiger partial charge in [-0.25, -0.2) is 0 Å². The zero-order valence-corrected chi connectivity index (χ0v) is 28.0. The van der Waals surface area contributed by atoms with Crippen molar-refractivity contribution in [1.29, 1.82) is 0 Å². The molecule has 0 bridgehead atoms. The number of amides is 1. The molecular weight excluding hydrogens is 569 g/mol. The number of carbonyl (C=O) groups excluding carboxylic acids is 1. The molecule has 18 heteroatoms. The van der Waals surface area contributed by atoms with Crippen molar-refractivity contribution in [2.24, 2.45) is 0 Å². The van der Waals surface area contributed by atoms with Gasteiger partial charge in [-0.2, -0.15) is 25.3 Å². The molecule has 6 N–H and O–H groups in total. The minimum absolute atomic E-state index is 0. The molecule has 12 nitrogen and oxygen atoms in total. The molecule has 3 aromatic carbocycles. The molecule has 0 saturated heterocycles. The van der Waals surface area contributed by atoms with Crippen molar-refractivity contribution in [1.82, 2.24) is 0 Å². The third-order valence-corrected chi connectivity index (χ3v) is 7.19. The average Bonchev–Trinajstić information content (AvgIpc) is 2.64. The van der Waals surface area contributed by atoms with Gasteiger partial charge in [-0.3, -0.25) is 18.5 Å². The summed E-state index contributed by atoms with van der Waals surface area (Å²) >= 11 is 0. The summed E-state index contributed by atoms with van der Waals surface area (Å²) in [4.78, 5) is 9.58. The number of hydrogen-bond donors (Lipinski definition) is 5. The Kier molecular flexibility index (Phi) is 12.8. The standard InChI is InChI=1S/C18H16N2O10S3.3Na/c1-9-2-3-11(13(19)6-9)18(21)20-14-4-5-15(32(25,26)27)12-7-10(31(22,23)24)8-16(17(12)14)33(28,29)30;;;/h2-8H,19H2,1H3,(H,20,21)(H,22,23,24)(H,25,26,27)(H,28,29,30);;;. The summed E-state index contributed by atoms with van der Waals surface area (Å²) < 4.78 is 99.5. The number of benzene rings is 3. The molecule has 0 spiro atoms. The Hall–Kier alpha value is -0.0800. The van der Waals surface area contributed by atoms with Gasteiger partial charge in [0.2, 0.25) is 0 Å². The number of hydrogen-bond acceptors (Lipinski definition) is 8. The second kappa shape index (κ2) is 12.8. The van der Waals surface area contributed by atoms with Crippen molar-refractivity contribution < 1.29 is 43.7 Å². The van der Waals surface area contributed by atoms with Crippen LogP contribution in [0.3, 0.4) is 0 Å². The van der Waals surface area contributed by atoms with Crippen LogP contribution in [0.1, 0.15) is 15.9 Å². The Morgan fingerprint density at radius 2 is 1.33 bits per heavy atom. The van der Waals surface area contributed by atoms with Crippen LogP contribution in [0.2, 0.25) is 0 Å². The van der Waals surface area contributed by atoms with Crippen LogP contribution in [0.15, 0.2) is 57.2 Å². The summed E-state index contributed by atoms with van der Waals surface area (Å²) in [6.07, 6.45) is 0. The van der Waals surface area contributed by atoms with E-state index in [2.05, 4.69) is 5.32 Å². The third-order valence-electron chi connectivity index (χ3n) is 4.57. The van der Waals surface area contributed by atoms with Gasteiger partial charge in [-0.05, 0) is 48.9 Å². The molecule has 0 heterocycles. The molecule has 36 heavy (non-hydrogen) atoms. The number of fused-ring (bicyclic) bond motifs is 1. The van der Waals surface area contributed by atoms with Gasteiger partial charge in [0.25, 0.3) is 36.3 Å². The largest absolute Gasteiger partial charge is 0.398 e. The molecule has 3 radical (unpaired) electrons. The number of nitrogens with two attached hydrogens (primary N) is 1. The van der Waals surface area contributed by atoms with Crippen molar-refractivity contribution in [3.05, 3.63) is 53.6 Å². The zero-order chi connectivity index (χ0) is 24.9. The topological polar surface area (TPSA) is 218 Å². The second-order valence-corrected chi connectivity index (χ2v) is 11.1. The zero-order valence-electron chi connectivity index (χ0n) is 19.5. The molecule has 0 aliphatic carbocycles. The van der Waals surface area contributed by atoms with Crippen LogP contribution in [0, 0.1) is 6.92 Å². The van der Waals surface area contributed by atoms with Crippen molar-refractivity contribution in [3.8, 4) is 0 Å². The maximum atomic E-state index is 12.8.